The van der Waals surface area contributed by atoms with Crippen molar-refractivity contribution in [3.63, 3.8) is 0 Å². The number of carbonyl (C=O) groups is 1. The molecule has 0 spiro atoms. The third-order valence-electron chi connectivity index (χ3n) is 5.34. The molecule has 2 saturated heterocycles. The number of carbonyl (C=O) groups excluding carboxylic acids is 1. The zero-order valence-electron chi connectivity index (χ0n) is 14.6. The minimum Gasteiger partial charge on any atom is -0.461 e. The Balaban J connectivity index is 1.41. The molecule has 7 heteroatoms. The van der Waals surface area contributed by atoms with Gasteiger partial charge in [0, 0.05) is 45.3 Å². The van der Waals surface area contributed by atoms with Gasteiger partial charge in [0.25, 0.3) is 5.91 Å². The second-order valence-corrected chi connectivity index (χ2v) is 6.67. The summed E-state index contributed by atoms with van der Waals surface area (Å²) in [5.41, 5.74) is 0.339. The predicted octanol–water partition coefficient (Wildman–Crippen LogP) is 1.79. The van der Waals surface area contributed by atoms with Gasteiger partial charge in [-0.05, 0) is 25.1 Å². The van der Waals surface area contributed by atoms with Crippen molar-refractivity contribution in [2.75, 3.05) is 45.8 Å². The molecule has 7 nitrogen and oxygen atoms in total. The van der Waals surface area contributed by atoms with Crippen molar-refractivity contribution < 1.29 is 13.6 Å². The van der Waals surface area contributed by atoms with Gasteiger partial charge < -0.3 is 18.6 Å². The van der Waals surface area contributed by atoms with Gasteiger partial charge in [-0.15, -0.1) is 0 Å². The molecular formula is C18H24N4O3. The van der Waals surface area contributed by atoms with Crippen LogP contribution in [-0.2, 0) is 0 Å². The SMILES string of the molecule is CCN1CCN(C2CCN(C(=O)c3ncoc3-c3ccco3)C2)CC1. The Labute approximate surface area is 147 Å². The van der Waals surface area contributed by atoms with Crippen LogP contribution in [0.25, 0.3) is 11.5 Å². The van der Waals surface area contributed by atoms with Gasteiger partial charge in [-0.3, -0.25) is 9.69 Å². The van der Waals surface area contributed by atoms with Gasteiger partial charge in [-0.25, -0.2) is 4.98 Å². The number of hydrogen-bond acceptors (Lipinski definition) is 6. The number of furan rings is 1. The van der Waals surface area contributed by atoms with Crippen LogP contribution in [0.5, 0.6) is 0 Å². The van der Waals surface area contributed by atoms with E-state index in [4.69, 9.17) is 8.83 Å². The number of piperazine rings is 1. The van der Waals surface area contributed by atoms with E-state index in [2.05, 4.69) is 21.7 Å². The van der Waals surface area contributed by atoms with Gasteiger partial charge in [-0.2, -0.15) is 0 Å². The van der Waals surface area contributed by atoms with E-state index in [0.717, 1.165) is 52.2 Å². The van der Waals surface area contributed by atoms with Crippen LogP contribution in [-0.4, -0.2) is 77.4 Å². The van der Waals surface area contributed by atoms with Crippen molar-refractivity contribution in [3.8, 4) is 11.5 Å². The van der Waals surface area contributed by atoms with Gasteiger partial charge in [0.2, 0.25) is 5.76 Å². The minimum absolute atomic E-state index is 0.0742. The van der Waals surface area contributed by atoms with Gasteiger partial charge in [0.1, 0.15) is 0 Å². The molecule has 0 aromatic carbocycles. The van der Waals surface area contributed by atoms with Crippen LogP contribution in [0.4, 0.5) is 0 Å². The Morgan fingerprint density at radius 1 is 1.24 bits per heavy atom. The summed E-state index contributed by atoms with van der Waals surface area (Å²) in [7, 11) is 0. The quantitative estimate of drug-likeness (QED) is 0.842. The number of hydrogen-bond donors (Lipinski definition) is 0. The maximum atomic E-state index is 12.9. The molecule has 4 rings (SSSR count). The molecule has 2 aliphatic heterocycles. The van der Waals surface area contributed by atoms with E-state index >= 15 is 0 Å². The molecule has 2 aromatic heterocycles. The Morgan fingerprint density at radius 2 is 2.08 bits per heavy atom. The standard InChI is InChI=1S/C18H24N4O3/c1-2-20-7-9-21(10-8-20)14-5-6-22(12-14)18(23)16-17(25-13-19-16)15-4-3-11-24-15/h3-4,11,13-14H,2,5-10,12H2,1H3. The van der Waals surface area contributed by atoms with Gasteiger partial charge in [0.15, 0.2) is 17.8 Å². The predicted molar refractivity (Wildman–Crippen MR) is 92.2 cm³/mol. The van der Waals surface area contributed by atoms with E-state index in [-0.39, 0.29) is 5.91 Å². The highest BCUT2D eigenvalue weighted by molar-refractivity contribution is 5.97. The smallest absolute Gasteiger partial charge is 0.276 e. The second kappa shape index (κ2) is 7.01. The van der Waals surface area contributed by atoms with Gasteiger partial charge >= 0.3 is 0 Å². The highest BCUT2D eigenvalue weighted by atomic mass is 16.4. The summed E-state index contributed by atoms with van der Waals surface area (Å²) >= 11 is 0. The molecule has 0 bridgehead atoms. The van der Waals surface area contributed by atoms with Crippen molar-refractivity contribution in [1.82, 2.24) is 19.7 Å². The Bertz CT molecular complexity index is 704. The van der Waals surface area contributed by atoms with E-state index in [9.17, 15) is 4.79 Å². The summed E-state index contributed by atoms with van der Waals surface area (Å²) in [5.74, 6) is 0.872. The maximum Gasteiger partial charge on any atom is 0.276 e. The largest absolute Gasteiger partial charge is 0.461 e. The first kappa shape index (κ1) is 16.4. The molecular weight excluding hydrogens is 320 g/mol. The summed E-state index contributed by atoms with van der Waals surface area (Å²) in [4.78, 5) is 23.9. The van der Waals surface area contributed by atoms with Crippen molar-refractivity contribution in [3.05, 3.63) is 30.5 Å². The molecule has 2 aliphatic rings. The summed E-state index contributed by atoms with van der Waals surface area (Å²) in [6.45, 7) is 9.26. The number of amides is 1. The first-order valence-corrected chi connectivity index (χ1v) is 8.99. The van der Waals surface area contributed by atoms with E-state index in [1.165, 1.54) is 6.39 Å². The molecule has 25 heavy (non-hydrogen) atoms. The molecule has 2 aromatic rings. The highest BCUT2D eigenvalue weighted by Gasteiger charge is 2.34. The molecule has 1 unspecified atom stereocenters. The number of aromatic nitrogens is 1. The van der Waals surface area contributed by atoms with Crippen LogP contribution in [0, 0.1) is 0 Å². The monoisotopic (exact) mass is 344 g/mol. The Kier molecular flexibility index (Phi) is 4.59. The molecule has 134 valence electrons. The van der Waals surface area contributed by atoms with Crippen LogP contribution in [0.3, 0.4) is 0 Å². The van der Waals surface area contributed by atoms with E-state index < -0.39 is 0 Å². The van der Waals surface area contributed by atoms with Crippen molar-refractivity contribution in [2.24, 2.45) is 0 Å². The van der Waals surface area contributed by atoms with Crippen LogP contribution in [0.15, 0.2) is 33.6 Å². The normalized spacial score (nSPS) is 22.6. The lowest BCUT2D eigenvalue weighted by atomic mass is 10.2. The Hall–Kier alpha value is -2.12. The number of oxazole rings is 1. The summed E-state index contributed by atoms with van der Waals surface area (Å²) in [6, 6.07) is 3.99. The fourth-order valence-corrected chi connectivity index (χ4v) is 3.80. The fourth-order valence-electron chi connectivity index (χ4n) is 3.80. The maximum absolute atomic E-state index is 12.9. The minimum atomic E-state index is -0.0742. The average molecular weight is 344 g/mol. The first-order chi connectivity index (χ1) is 12.3. The fraction of sp³-hybridized carbons (Fsp3) is 0.556. The highest BCUT2D eigenvalue weighted by Crippen LogP contribution is 2.26. The van der Waals surface area contributed by atoms with E-state index in [0.29, 0.717) is 23.3 Å². The lowest BCUT2D eigenvalue weighted by Crippen LogP contribution is -2.51. The van der Waals surface area contributed by atoms with Gasteiger partial charge in [0.05, 0.1) is 6.26 Å². The van der Waals surface area contributed by atoms with Crippen molar-refractivity contribution in [2.45, 2.75) is 19.4 Å². The van der Waals surface area contributed by atoms with Crippen molar-refractivity contribution in [1.29, 1.82) is 0 Å². The summed E-state index contributed by atoms with van der Waals surface area (Å²) in [6.07, 6.45) is 3.89. The van der Waals surface area contributed by atoms with Crippen molar-refractivity contribution >= 4 is 5.91 Å². The topological polar surface area (TPSA) is 66.0 Å². The number of nitrogens with zero attached hydrogens (tertiary/aromatic N) is 4. The molecule has 0 aliphatic carbocycles. The lowest BCUT2D eigenvalue weighted by Gasteiger charge is -2.37. The molecule has 1 amide bonds. The summed E-state index contributed by atoms with van der Waals surface area (Å²) in [5, 5.41) is 0. The molecule has 0 N–H and O–H groups in total. The van der Waals surface area contributed by atoms with Crippen LogP contribution >= 0.6 is 0 Å². The molecule has 4 heterocycles. The lowest BCUT2D eigenvalue weighted by molar-refractivity contribution is 0.0741. The van der Waals surface area contributed by atoms with Crippen LogP contribution in [0.1, 0.15) is 23.8 Å². The van der Waals surface area contributed by atoms with E-state index in [1.807, 2.05) is 4.90 Å². The number of rotatable bonds is 4. The van der Waals surface area contributed by atoms with E-state index in [1.54, 1.807) is 18.4 Å². The second-order valence-electron chi connectivity index (χ2n) is 6.67. The zero-order valence-corrected chi connectivity index (χ0v) is 14.6. The Morgan fingerprint density at radius 3 is 2.80 bits per heavy atom. The molecule has 1 atom stereocenters. The number of likely N-dealkylation sites (tertiary alicyclic amines) is 1. The molecule has 2 fully saturated rings. The molecule has 0 saturated carbocycles. The number of likely N-dealkylation sites (N-methyl/N-ethyl adjacent to an activating group) is 1. The van der Waals surface area contributed by atoms with Crippen LogP contribution < -0.4 is 0 Å². The zero-order chi connectivity index (χ0) is 17.2. The third kappa shape index (κ3) is 3.21. The first-order valence-electron chi connectivity index (χ1n) is 8.99. The average Bonchev–Trinajstić information content (AvgIpc) is 3.42. The van der Waals surface area contributed by atoms with Gasteiger partial charge in [-0.1, -0.05) is 6.92 Å². The van der Waals surface area contributed by atoms with Crippen LogP contribution in [0.2, 0.25) is 0 Å². The molecule has 0 radical (unpaired) electrons. The third-order valence-corrected chi connectivity index (χ3v) is 5.34. The summed E-state index contributed by atoms with van der Waals surface area (Å²) < 4.78 is 10.7.